The molecule has 1 amide bonds. The van der Waals surface area contributed by atoms with E-state index < -0.39 is 30.3 Å². The molecule has 0 saturated carbocycles. The summed E-state index contributed by atoms with van der Waals surface area (Å²) in [5, 5.41) is 17.7. The molecule has 1 rings (SSSR count). The zero-order chi connectivity index (χ0) is 12.5. The Morgan fingerprint density at radius 1 is 1.50 bits per heavy atom. The predicted molar refractivity (Wildman–Crippen MR) is 46.3 cm³/mol. The van der Waals surface area contributed by atoms with Crippen LogP contribution in [0.5, 0.6) is 0 Å². The van der Waals surface area contributed by atoms with Crippen LogP contribution in [-0.4, -0.2) is 52.0 Å². The van der Waals surface area contributed by atoms with Gasteiger partial charge in [0.25, 0.3) is 0 Å². The van der Waals surface area contributed by atoms with Crippen LogP contribution in [0.4, 0.5) is 13.6 Å². The van der Waals surface area contributed by atoms with Gasteiger partial charge in [-0.25, -0.2) is 9.59 Å². The van der Waals surface area contributed by atoms with Crippen molar-refractivity contribution in [1.82, 2.24) is 4.90 Å². The average Bonchev–Trinajstić information content (AvgIpc) is 2.43. The number of carbonyl (C=O) groups is 2. The molecular weight excluding hydrogens is 228 g/mol. The van der Waals surface area contributed by atoms with Gasteiger partial charge in [0.05, 0.1) is 12.6 Å². The fraction of sp³-hybridized carbons (Fsp3) is 0.750. The van der Waals surface area contributed by atoms with E-state index in [1.54, 1.807) is 0 Å². The number of rotatable bonds is 3. The van der Waals surface area contributed by atoms with Gasteiger partial charge in [0.2, 0.25) is 0 Å². The lowest BCUT2D eigenvalue weighted by atomic mass is 9.99. The van der Waals surface area contributed by atoms with Crippen LogP contribution in [0.2, 0.25) is 0 Å². The van der Waals surface area contributed by atoms with Crippen molar-refractivity contribution in [1.29, 1.82) is 0 Å². The molecule has 0 aromatic heterocycles. The summed E-state index contributed by atoms with van der Waals surface area (Å²) in [6, 6.07) is 0. The largest absolute Gasteiger partial charge is 0.480 e. The van der Waals surface area contributed by atoms with Gasteiger partial charge in [-0.2, -0.15) is 8.78 Å². The van der Waals surface area contributed by atoms with E-state index in [4.69, 9.17) is 10.2 Å². The fourth-order valence-electron chi connectivity index (χ4n) is 1.75. The monoisotopic (exact) mass is 239 g/mol. The van der Waals surface area contributed by atoms with E-state index in [2.05, 4.69) is 4.74 Å². The van der Waals surface area contributed by atoms with Gasteiger partial charge < -0.3 is 14.9 Å². The van der Waals surface area contributed by atoms with Gasteiger partial charge in [-0.15, -0.1) is 0 Å². The molecule has 1 fully saturated rings. The highest BCUT2D eigenvalue weighted by Gasteiger charge is 2.51. The number of aliphatic carboxylic acids is 1. The van der Waals surface area contributed by atoms with Gasteiger partial charge in [0.1, 0.15) is 5.54 Å². The van der Waals surface area contributed by atoms with Crippen LogP contribution in [0, 0.1) is 0 Å². The SMILES string of the molecule is CC1(C(=O)O)CC(OC(F)F)CN1C(=O)O. The Bertz CT molecular complexity index is 311. The van der Waals surface area contributed by atoms with E-state index in [-0.39, 0.29) is 13.0 Å². The zero-order valence-corrected chi connectivity index (χ0v) is 8.39. The Morgan fingerprint density at radius 2 is 2.06 bits per heavy atom. The first-order chi connectivity index (χ1) is 7.27. The van der Waals surface area contributed by atoms with Crippen LogP contribution in [-0.2, 0) is 9.53 Å². The van der Waals surface area contributed by atoms with E-state index >= 15 is 0 Å². The number of alkyl halides is 2. The van der Waals surface area contributed by atoms with Crippen molar-refractivity contribution >= 4 is 12.1 Å². The van der Waals surface area contributed by atoms with Crippen LogP contribution < -0.4 is 0 Å². The molecule has 1 aliphatic heterocycles. The number of amides is 1. The highest BCUT2D eigenvalue weighted by Crippen LogP contribution is 2.32. The normalized spacial score (nSPS) is 29.8. The third-order valence-electron chi connectivity index (χ3n) is 2.59. The molecule has 0 spiro atoms. The van der Waals surface area contributed by atoms with Crippen molar-refractivity contribution in [3.8, 4) is 0 Å². The Labute approximate surface area is 89.4 Å². The van der Waals surface area contributed by atoms with Crippen molar-refractivity contribution in [3.05, 3.63) is 0 Å². The van der Waals surface area contributed by atoms with Crippen LogP contribution in [0.3, 0.4) is 0 Å². The lowest BCUT2D eigenvalue weighted by Gasteiger charge is -2.27. The summed E-state index contributed by atoms with van der Waals surface area (Å²) < 4.78 is 28.0. The van der Waals surface area contributed by atoms with E-state index in [1.165, 1.54) is 0 Å². The van der Waals surface area contributed by atoms with Crippen LogP contribution in [0.15, 0.2) is 0 Å². The Balaban J connectivity index is 2.84. The number of likely N-dealkylation sites (tertiary alicyclic amines) is 1. The summed E-state index contributed by atoms with van der Waals surface area (Å²) in [5.41, 5.74) is -1.72. The van der Waals surface area contributed by atoms with Crippen LogP contribution in [0.25, 0.3) is 0 Å². The molecule has 1 saturated heterocycles. The maximum absolute atomic E-state index is 11.9. The minimum atomic E-state index is -3.04. The van der Waals surface area contributed by atoms with Crippen molar-refractivity contribution in [2.75, 3.05) is 6.54 Å². The molecule has 2 unspecified atom stereocenters. The molecule has 1 aliphatic rings. The first-order valence-corrected chi connectivity index (χ1v) is 4.45. The van der Waals surface area contributed by atoms with Gasteiger partial charge in [-0.3, -0.25) is 4.90 Å². The quantitative estimate of drug-likeness (QED) is 0.761. The number of nitrogens with zero attached hydrogens (tertiary/aromatic N) is 1. The molecule has 0 aliphatic carbocycles. The molecule has 0 aromatic carbocycles. The lowest BCUT2D eigenvalue weighted by molar-refractivity contribution is -0.161. The first-order valence-electron chi connectivity index (χ1n) is 4.45. The summed E-state index contributed by atoms with van der Waals surface area (Å²) in [4.78, 5) is 22.3. The molecule has 0 aromatic rings. The molecule has 16 heavy (non-hydrogen) atoms. The third kappa shape index (κ3) is 2.21. The third-order valence-corrected chi connectivity index (χ3v) is 2.59. The van der Waals surface area contributed by atoms with Crippen molar-refractivity contribution in [3.63, 3.8) is 0 Å². The molecule has 0 bridgehead atoms. The van der Waals surface area contributed by atoms with E-state index in [0.717, 1.165) is 6.92 Å². The summed E-state index contributed by atoms with van der Waals surface area (Å²) in [6.45, 7) is -2.25. The van der Waals surface area contributed by atoms with Crippen molar-refractivity contribution < 1.29 is 33.3 Å². The Hall–Kier alpha value is -1.44. The molecule has 92 valence electrons. The molecule has 1 heterocycles. The minimum Gasteiger partial charge on any atom is -0.480 e. The number of carboxylic acids is 1. The first kappa shape index (κ1) is 12.6. The van der Waals surface area contributed by atoms with E-state index in [1.807, 2.05) is 0 Å². The number of hydrogen-bond donors (Lipinski definition) is 2. The van der Waals surface area contributed by atoms with Crippen LogP contribution in [0.1, 0.15) is 13.3 Å². The number of hydrogen-bond acceptors (Lipinski definition) is 3. The van der Waals surface area contributed by atoms with Crippen molar-refractivity contribution in [2.24, 2.45) is 0 Å². The maximum Gasteiger partial charge on any atom is 0.408 e. The number of halogens is 2. The summed E-state index contributed by atoms with van der Waals surface area (Å²) in [5.74, 6) is -1.38. The smallest absolute Gasteiger partial charge is 0.408 e. The second-order valence-corrected chi connectivity index (χ2v) is 3.70. The Kier molecular flexibility index (Phi) is 3.32. The molecule has 2 atom stereocenters. The second kappa shape index (κ2) is 4.20. The summed E-state index contributed by atoms with van der Waals surface area (Å²) in [6.07, 6.45) is -2.86. The minimum absolute atomic E-state index is 0.293. The maximum atomic E-state index is 11.9. The number of carboxylic acid groups (broad SMARTS) is 2. The Morgan fingerprint density at radius 3 is 2.38 bits per heavy atom. The highest BCUT2D eigenvalue weighted by molar-refractivity contribution is 5.84. The summed E-state index contributed by atoms with van der Waals surface area (Å²) >= 11 is 0. The molecule has 6 nitrogen and oxygen atoms in total. The van der Waals surface area contributed by atoms with Crippen LogP contribution >= 0.6 is 0 Å². The predicted octanol–water partition coefficient (Wildman–Crippen LogP) is 0.821. The zero-order valence-electron chi connectivity index (χ0n) is 8.39. The lowest BCUT2D eigenvalue weighted by Crippen LogP contribution is -2.50. The molecule has 8 heteroatoms. The standard InChI is InChI=1S/C8H11F2NO5/c1-8(5(12)13)2-4(16-6(9)10)3-11(8)7(14)15/h4,6H,2-3H2,1H3,(H,12,13)(H,14,15). The van der Waals surface area contributed by atoms with Gasteiger partial charge >= 0.3 is 18.7 Å². The number of ether oxygens (including phenoxy) is 1. The topological polar surface area (TPSA) is 87.1 Å². The van der Waals surface area contributed by atoms with Gasteiger partial charge in [-0.05, 0) is 6.92 Å². The molecular formula is C8H11F2NO5. The van der Waals surface area contributed by atoms with Gasteiger partial charge in [-0.1, -0.05) is 0 Å². The molecule has 0 radical (unpaired) electrons. The van der Waals surface area contributed by atoms with E-state index in [9.17, 15) is 18.4 Å². The molecule has 2 N–H and O–H groups in total. The average molecular weight is 239 g/mol. The van der Waals surface area contributed by atoms with Crippen molar-refractivity contribution in [2.45, 2.75) is 31.6 Å². The van der Waals surface area contributed by atoms with Gasteiger partial charge in [0.15, 0.2) is 0 Å². The highest BCUT2D eigenvalue weighted by atomic mass is 19.3. The van der Waals surface area contributed by atoms with Gasteiger partial charge in [0, 0.05) is 6.42 Å². The fourth-order valence-corrected chi connectivity index (χ4v) is 1.75. The second-order valence-electron chi connectivity index (χ2n) is 3.70. The summed E-state index contributed by atoms with van der Waals surface area (Å²) in [7, 11) is 0. The van der Waals surface area contributed by atoms with E-state index in [0.29, 0.717) is 4.90 Å².